The summed E-state index contributed by atoms with van der Waals surface area (Å²) >= 11 is 1.80. The van der Waals surface area contributed by atoms with Crippen LogP contribution in [0.15, 0.2) is 29.3 Å². The van der Waals surface area contributed by atoms with E-state index in [1.807, 2.05) is 31.2 Å². The number of hydrogen-bond donors (Lipinski definition) is 3. The van der Waals surface area contributed by atoms with Crippen molar-refractivity contribution >= 4 is 27.7 Å². The number of hydrogen-bond acceptors (Lipinski definition) is 4. The molecule has 0 aliphatic heterocycles. The molecule has 0 heterocycles. The molecule has 0 bridgehead atoms. The first kappa shape index (κ1) is 21.8. The van der Waals surface area contributed by atoms with Gasteiger partial charge in [0.2, 0.25) is 10.0 Å². The predicted molar refractivity (Wildman–Crippen MR) is 109 cm³/mol. The maximum atomic E-state index is 11.7. The lowest BCUT2D eigenvalue weighted by atomic mass is 10.1. The van der Waals surface area contributed by atoms with Gasteiger partial charge in [-0.2, -0.15) is 11.8 Å². The van der Waals surface area contributed by atoms with E-state index in [9.17, 15) is 8.42 Å². The van der Waals surface area contributed by atoms with Crippen molar-refractivity contribution in [1.82, 2.24) is 15.4 Å². The highest BCUT2D eigenvalue weighted by molar-refractivity contribution is 7.99. The summed E-state index contributed by atoms with van der Waals surface area (Å²) in [5.41, 5.74) is 1.73. The second kappa shape index (κ2) is 10.0. The molecule has 142 valence electrons. The third-order valence-electron chi connectivity index (χ3n) is 3.66. The summed E-state index contributed by atoms with van der Waals surface area (Å²) < 4.78 is 25.8. The van der Waals surface area contributed by atoms with Crippen molar-refractivity contribution in [3.05, 3.63) is 35.4 Å². The minimum Gasteiger partial charge on any atom is -0.357 e. The Morgan fingerprint density at radius 2 is 1.92 bits per heavy atom. The van der Waals surface area contributed by atoms with Crippen molar-refractivity contribution in [2.45, 2.75) is 37.8 Å². The summed E-state index contributed by atoms with van der Waals surface area (Å²) in [4.78, 5) is 4.60. The number of benzene rings is 1. The highest BCUT2D eigenvalue weighted by Gasteiger charge is 2.16. The topological polar surface area (TPSA) is 82.6 Å². The third kappa shape index (κ3) is 8.60. The van der Waals surface area contributed by atoms with Crippen LogP contribution in [0.2, 0.25) is 0 Å². The van der Waals surface area contributed by atoms with Crippen molar-refractivity contribution in [2.75, 3.05) is 26.4 Å². The van der Waals surface area contributed by atoms with E-state index in [1.165, 1.54) is 7.05 Å². The van der Waals surface area contributed by atoms with Crippen LogP contribution in [0.4, 0.5) is 0 Å². The van der Waals surface area contributed by atoms with Crippen molar-refractivity contribution < 1.29 is 8.42 Å². The lowest BCUT2D eigenvalue weighted by molar-refractivity contribution is 0.587. The van der Waals surface area contributed by atoms with Gasteiger partial charge in [-0.3, -0.25) is 0 Å². The van der Waals surface area contributed by atoms with Gasteiger partial charge in [0.15, 0.2) is 5.96 Å². The lowest BCUT2D eigenvalue weighted by Crippen LogP contribution is -2.43. The molecule has 0 aromatic heterocycles. The summed E-state index contributed by atoms with van der Waals surface area (Å²) in [5.74, 6) is 0.735. The first-order valence-electron chi connectivity index (χ1n) is 8.27. The Labute approximate surface area is 156 Å². The van der Waals surface area contributed by atoms with E-state index in [0.29, 0.717) is 6.54 Å². The average Bonchev–Trinajstić information content (AvgIpc) is 2.57. The van der Waals surface area contributed by atoms with Crippen LogP contribution >= 0.6 is 11.8 Å². The molecular formula is C17H30N4O2S2. The summed E-state index contributed by atoms with van der Waals surface area (Å²) in [6, 6.07) is 7.51. The molecule has 6 nitrogen and oxygen atoms in total. The third-order valence-corrected chi connectivity index (χ3v) is 6.24. The van der Waals surface area contributed by atoms with Crippen molar-refractivity contribution in [3.63, 3.8) is 0 Å². The van der Waals surface area contributed by atoms with E-state index in [-0.39, 0.29) is 10.5 Å². The minimum absolute atomic E-state index is 0.0265. The Kier molecular flexibility index (Phi) is 8.75. The molecule has 3 N–H and O–H groups in total. The molecule has 25 heavy (non-hydrogen) atoms. The zero-order chi connectivity index (χ0) is 18.9. The molecule has 0 atom stereocenters. The molecule has 0 aliphatic carbocycles. The fourth-order valence-corrected chi connectivity index (χ4v) is 2.97. The zero-order valence-corrected chi connectivity index (χ0v) is 17.4. The van der Waals surface area contributed by atoms with E-state index in [0.717, 1.165) is 30.2 Å². The van der Waals surface area contributed by atoms with Gasteiger partial charge in [-0.1, -0.05) is 24.3 Å². The van der Waals surface area contributed by atoms with Crippen LogP contribution in [0.25, 0.3) is 0 Å². The van der Waals surface area contributed by atoms with Gasteiger partial charge in [-0.05, 0) is 45.2 Å². The second-order valence-corrected chi connectivity index (χ2v) is 9.74. The Bertz CT molecular complexity index is 673. The Balaban J connectivity index is 2.79. The normalized spacial score (nSPS) is 12.9. The Morgan fingerprint density at radius 3 is 2.52 bits per heavy atom. The van der Waals surface area contributed by atoms with Gasteiger partial charge in [0.25, 0.3) is 0 Å². The first-order chi connectivity index (χ1) is 11.7. The van der Waals surface area contributed by atoms with Crippen molar-refractivity contribution in [2.24, 2.45) is 4.99 Å². The van der Waals surface area contributed by atoms with E-state index < -0.39 is 10.0 Å². The van der Waals surface area contributed by atoms with E-state index in [4.69, 9.17) is 0 Å². The zero-order valence-electron chi connectivity index (χ0n) is 15.7. The number of thioether (sulfide) groups is 1. The number of sulfonamides is 1. The molecule has 1 aromatic rings. The molecule has 0 unspecified atom stereocenters. The van der Waals surface area contributed by atoms with Gasteiger partial charge in [0, 0.05) is 17.8 Å². The summed E-state index contributed by atoms with van der Waals surface area (Å²) in [6.07, 6.45) is 2.09. The van der Waals surface area contributed by atoms with Crippen LogP contribution in [0.5, 0.6) is 0 Å². The fourth-order valence-electron chi connectivity index (χ4n) is 1.99. The van der Waals surface area contributed by atoms with Gasteiger partial charge in [0.1, 0.15) is 0 Å². The molecule has 0 amide bonds. The van der Waals surface area contributed by atoms with Crippen molar-refractivity contribution in [1.29, 1.82) is 0 Å². The second-order valence-electron chi connectivity index (χ2n) is 6.30. The van der Waals surface area contributed by atoms with Crippen LogP contribution < -0.4 is 15.4 Å². The maximum absolute atomic E-state index is 11.7. The summed E-state index contributed by atoms with van der Waals surface area (Å²) in [5, 5.41) is 6.59. The average molecular weight is 387 g/mol. The predicted octanol–water partition coefficient (Wildman–Crippen LogP) is 1.93. The molecule has 0 spiro atoms. The van der Waals surface area contributed by atoms with Crippen LogP contribution in [-0.4, -0.2) is 45.5 Å². The smallest absolute Gasteiger partial charge is 0.215 e. The Morgan fingerprint density at radius 1 is 1.24 bits per heavy atom. The maximum Gasteiger partial charge on any atom is 0.215 e. The molecule has 0 aliphatic rings. The Hall–Kier alpha value is -1.25. The molecule has 1 aromatic carbocycles. The van der Waals surface area contributed by atoms with Gasteiger partial charge in [-0.15, -0.1) is 0 Å². The molecule has 0 radical (unpaired) electrons. The van der Waals surface area contributed by atoms with Crippen molar-refractivity contribution in [3.8, 4) is 0 Å². The van der Waals surface area contributed by atoms with Crippen LogP contribution in [-0.2, 0) is 22.3 Å². The number of guanidine groups is 1. The molecule has 8 heteroatoms. The van der Waals surface area contributed by atoms with E-state index in [1.54, 1.807) is 11.8 Å². The highest BCUT2D eigenvalue weighted by Crippen LogP contribution is 2.19. The lowest BCUT2D eigenvalue weighted by Gasteiger charge is -2.23. The van der Waals surface area contributed by atoms with Crippen LogP contribution in [0, 0.1) is 0 Å². The highest BCUT2D eigenvalue weighted by atomic mass is 32.2. The van der Waals surface area contributed by atoms with Gasteiger partial charge >= 0.3 is 0 Å². The fraction of sp³-hybridized carbons (Fsp3) is 0.588. The number of aliphatic imine (C=N–C) groups is 1. The summed E-state index contributed by atoms with van der Waals surface area (Å²) in [7, 11) is -1.85. The van der Waals surface area contributed by atoms with Crippen LogP contribution in [0.3, 0.4) is 0 Å². The molecule has 0 saturated carbocycles. The largest absolute Gasteiger partial charge is 0.357 e. The quantitative estimate of drug-likeness (QED) is 0.446. The minimum atomic E-state index is -3.27. The first-order valence-corrected chi connectivity index (χ1v) is 11.2. The SMILES string of the molecule is CCNC(=NCc1cccc(CS(=O)(=O)NC)c1)NCC(C)(C)SC. The number of nitrogens with one attached hydrogen (secondary N) is 3. The molecule has 0 fully saturated rings. The van der Waals surface area contributed by atoms with Gasteiger partial charge in [-0.25, -0.2) is 18.1 Å². The van der Waals surface area contributed by atoms with E-state index >= 15 is 0 Å². The molecular weight excluding hydrogens is 356 g/mol. The van der Waals surface area contributed by atoms with E-state index in [2.05, 4.69) is 40.5 Å². The monoisotopic (exact) mass is 386 g/mol. The van der Waals surface area contributed by atoms with Crippen LogP contribution in [0.1, 0.15) is 31.9 Å². The molecule has 0 saturated heterocycles. The van der Waals surface area contributed by atoms with Gasteiger partial charge < -0.3 is 10.6 Å². The standard InChI is InChI=1S/C17H30N4O2S2/c1-6-19-16(21-13-17(2,3)24-5)20-11-14-8-7-9-15(10-14)12-25(22,23)18-4/h7-10,18H,6,11-13H2,1-5H3,(H2,19,20,21). The van der Waals surface area contributed by atoms with Gasteiger partial charge in [0.05, 0.1) is 12.3 Å². The number of nitrogens with zero attached hydrogens (tertiary/aromatic N) is 1. The summed E-state index contributed by atoms with van der Waals surface area (Å²) in [6.45, 7) is 8.47. The number of rotatable bonds is 9. The molecule has 1 rings (SSSR count).